The van der Waals surface area contributed by atoms with E-state index in [1.807, 2.05) is 12.1 Å². The predicted molar refractivity (Wildman–Crippen MR) is 86.0 cm³/mol. The Balaban J connectivity index is 2.70. The molecule has 1 N–H and O–H groups in total. The van der Waals surface area contributed by atoms with Crippen LogP contribution in [0.2, 0.25) is 5.02 Å². The second-order valence-corrected chi connectivity index (χ2v) is 6.41. The molecule has 0 aliphatic heterocycles. The molecule has 0 heterocycles. The zero-order valence-electron chi connectivity index (χ0n) is 12.7. The molecule has 0 saturated heterocycles. The molecule has 0 aliphatic carbocycles. The van der Waals surface area contributed by atoms with Gasteiger partial charge in [0.15, 0.2) is 0 Å². The Kier molecular flexibility index (Phi) is 7.48. The van der Waals surface area contributed by atoms with Crippen LogP contribution in [0.5, 0.6) is 0 Å². The minimum atomic E-state index is 0.580. The third-order valence-electron chi connectivity index (χ3n) is 3.65. The predicted octanol–water partition coefficient (Wildman–Crippen LogP) is 5.11. The molecule has 2 unspecified atom stereocenters. The molecule has 0 spiro atoms. The van der Waals surface area contributed by atoms with Crippen LogP contribution in [0.4, 0.5) is 0 Å². The van der Waals surface area contributed by atoms with E-state index in [0.717, 1.165) is 18.1 Å². The van der Waals surface area contributed by atoms with Crippen molar-refractivity contribution in [3.8, 4) is 0 Å². The average Bonchev–Trinajstić information content (AvgIpc) is 2.36. The topological polar surface area (TPSA) is 12.0 Å². The molecule has 0 aromatic heterocycles. The third-order valence-corrected chi connectivity index (χ3v) is 3.90. The van der Waals surface area contributed by atoms with Crippen molar-refractivity contribution in [2.45, 2.75) is 46.5 Å². The summed E-state index contributed by atoms with van der Waals surface area (Å²) >= 11 is 5.99. The standard InChI is InChI=1S/C17H28ClN/c1-5-6-14(4)17(12-19-11-13(2)3)15-7-9-16(18)10-8-15/h7-10,13-14,17,19H,5-6,11-12H2,1-4H3. The van der Waals surface area contributed by atoms with Gasteiger partial charge in [-0.15, -0.1) is 0 Å². The Morgan fingerprint density at radius 3 is 2.21 bits per heavy atom. The summed E-state index contributed by atoms with van der Waals surface area (Å²) in [5.41, 5.74) is 1.40. The van der Waals surface area contributed by atoms with E-state index in [-0.39, 0.29) is 0 Å². The largest absolute Gasteiger partial charge is 0.316 e. The lowest BCUT2D eigenvalue weighted by molar-refractivity contribution is 0.394. The zero-order valence-corrected chi connectivity index (χ0v) is 13.5. The van der Waals surface area contributed by atoms with E-state index in [0.29, 0.717) is 17.8 Å². The fourth-order valence-corrected chi connectivity index (χ4v) is 2.67. The first kappa shape index (κ1) is 16.5. The maximum atomic E-state index is 5.99. The first-order valence-corrected chi connectivity index (χ1v) is 7.88. The molecule has 1 aromatic rings. The van der Waals surface area contributed by atoms with E-state index in [1.54, 1.807) is 0 Å². The summed E-state index contributed by atoms with van der Waals surface area (Å²) in [5, 5.41) is 4.42. The van der Waals surface area contributed by atoms with Gasteiger partial charge in [-0.3, -0.25) is 0 Å². The summed E-state index contributed by atoms with van der Waals surface area (Å²) in [4.78, 5) is 0. The maximum absolute atomic E-state index is 5.99. The molecule has 0 fully saturated rings. The minimum absolute atomic E-state index is 0.580. The van der Waals surface area contributed by atoms with Gasteiger partial charge >= 0.3 is 0 Å². The molecule has 0 saturated carbocycles. The van der Waals surface area contributed by atoms with Crippen molar-refractivity contribution in [1.82, 2.24) is 5.32 Å². The van der Waals surface area contributed by atoms with Crippen LogP contribution in [0, 0.1) is 11.8 Å². The molecule has 2 atom stereocenters. The first-order valence-electron chi connectivity index (χ1n) is 7.50. The molecule has 1 nitrogen and oxygen atoms in total. The van der Waals surface area contributed by atoms with Crippen molar-refractivity contribution >= 4 is 11.6 Å². The first-order chi connectivity index (χ1) is 9.04. The van der Waals surface area contributed by atoms with Gasteiger partial charge in [-0.1, -0.05) is 64.3 Å². The van der Waals surface area contributed by atoms with E-state index in [4.69, 9.17) is 11.6 Å². The third kappa shape index (κ3) is 5.97. The Labute approximate surface area is 123 Å². The summed E-state index contributed by atoms with van der Waals surface area (Å²) in [6, 6.07) is 8.36. The van der Waals surface area contributed by atoms with Crippen LogP contribution in [0.25, 0.3) is 0 Å². The van der Waals surface area contributed by atoms with Crippen molar-refractivity contribution in [1.29, 1.82) is 0 Å². The van der Waals surface area contributed by atoms with Crippen LogP contribution in [0.15, 0.2) is 24.3 Å². The Hall–Kier alpha value is -0.530. The molecular formula is C17H28ClN. The molecule has 0 aliphatic rings. The molecular weight excluding hydrogens is 254 g/mol. The summed E-state index contributed by atoms with van der Waals surface area (Å²) in [5.74, 6) is 1.98. The van der Waals surface area contributed by atoms with Gasteiger partial charge in [0.25, 0.3) is 0 Å². The smallest absolute Gasteiger partial charge is 0.0406 e. The average molecular weight is 282 g/mol. The van der Waals surface area contributed by atoms with Gasteiger partial charge in [0.2, 0.25) is 0 Å². The molecule has 108 valence electrons. The minimum Gasteiger partial charge on any atom is -0.316 e. The van der Waals surface area contributed by atoms with Crippen molar-refractivity contribution < 1.29 is 0 Å². The highest BCUT2D eigenvalue weighted by molar-refractivity contribution is 6.30. The molecule has 19 heavy (non-hydrogen) atoms. The maximum Gasteiger partial charge on any atom is 0.0406 e. The normalized spacial score (nSPS) is 14.6. The second-order valence-electron chi connectivity index (χ2n) is 5.98. The summed E-state index contributed by atoms with van der Waals surface area (Å²) in [6.07, 6.45) is 2.52. The van der Waals surface area contributed by atoms with Gasteiger partial charge < -0.3 is 5.32 Å². The number of nitrogens with one attached hydrogen (secondary N) is 1. The van der Waals surface area contributed by atoms with Gasteiger partial charge in [0.1, 0.15) is 0 Å². The quantitative estimate of drug-likeness (QED) is 0.698. The van der Waals surface area contributed by atoms with Crippen LogP contribution < -0.4 is 5.32 Å². The fourth-order valence-electron chi connectivity index (χ4n) is 2.54. The molecule has 1 aromatic carbocycles. The van der Waals surface area contributed by atoms with E-state index < -0.39 is 0 Å². The highest BCUT2D eigenvalue weighted by Crippen LogP contribution is 2.28. The van der Waals surface area contributed by atoms with Crippen LogP contribution in [-0.4, -0.2) is 13.1 Å². The van der Waals surface area contributed by atoms with E-state index in [9.17, 15) is 0 Å². The van der Waals surface area contributed by atoms with Gasteiger partial charge in [-0.25, -0.2) is 0 Å². The van der Waals surface area contributed by atoms with Crippen molar-refractivity contribution in [3.05, 3.63) is 34.9 Å². The van der Waals surface area contributed by atoms with Crippen LogP contribution in [-0.2, 0) is 0 Å². The lowest BCUT2D eigenvalue weighted by Crippen LogP contribution is -2.28. The zero-order chi connectivity index (χ0) is 14.3. The number of hydrogen-bond donors (Lipinski definition) is 1. The summed E-state index contributed by atoms with van der Waals surface area (Å²) in [6.45, 7) is 11.3. The van der Waals surface area contributed by atoms with E-state index in [1.165, 1.54) is 18.4 Å². The lowest BCUT2D eigenvalue weighted by atomic mass is 9.84. The molecule has 0 radical (unpaired) electrons. The Bertz CT molecular complexity index is 345. The Morgan fingerprint density at radius 1 is 1.05 bits per heavy atom. The molecule has 2 heteroatoms. The van der Waals surface area contributed by atoms with Gasteiger partial charge in [0.05, 0.1) is 0 Å². The van der Waals surface area contributed by atoms with Crippen molar-refractivity contribution in [3.63, 3.8) is 0 Å². The number of rotatable bonds is 8. The van der Waals surface area contributed by atoms with Gasteiger partial charge in [-0.05, 0) is 42.0 Å². The summed E-state index contributed by atoms with van der Waals surface area (Å²) in [7, 11) is 0. The van der Waals surface area contributed by atoms with E-state index in [2.05, 4.69) is 45.1 Å². The van der Waals surface area contributed by atoms with Gasteiger partial charge in [-0.2, -0.15) is 0 Å². The number of benzene rings is 1. The number of halogens is 1. The van der Waals surface area contributed by atoms with Crippen LogP contribution in [0.1, 0.15) is 52.0 Å². The second kappa shape index (κ2) is 8.60. The molecule has 0 bridgehead atoms. The monoisotopic (exact) mass is 281 g/mol. The highest BCUT2D eigenvalue weighted by atomic mass is 35.5. The summed E-state index contributed by atoms with van der Waals surface area (Å²) < 4.78 is 0. The SMILES string of the molecule is CCCC(C)C(CNCC(C)C)c1ccc(Cl)cc1. The fraction of sp³-hybridized carbons (Fsp3) is 0.647. The van der Waals surface area contributed by atoms with E-state index >= 15 is 0 Å². The van der Waals surface area contributed by atoms with Crippen LogP contribution >= 0.6 is 11.6 Å². The highest BCUT2D eigenvalue weighted by Gasteiger charge is 2.18. The van der Waals surface area contributed by atoms with Crippen molar-refractivity contribution in [2.75, 3.05) is 13.1 Å². The lowest BCUT2D eigenvalue weighted by Gasteiger charge is -2.25. The van der Waals surface area contributed by atoms with Crippen molar-refractivity contribution in [2.24, 2.45) is 11.8 Å². The molecule has 1 rings (SSSR count). The number of hydrogen-bond acceptors (Lipinski definition) is 1. The van der Waals surface area contributed by atoms with Crippen LogP contribution in [0.3, 0.4) is 0 Å². The Morgan fingerprint density at radius 2 is 1.68 bits per heavy atom. The molecule has 0 amide bonds. The van der Waals surface area contributed by atoms with Gasteiger partial charge in [0, 0.05) is 11.6 Å².